The van der Waals surface area contributed by atoms with Gasteiger partial charge in [0.15, 0.2) is 5.96 Å². The largest absolute Gasteiger partial charge is 0.357 e. The number of carbonyl (C=O) groups is 1. The van der Waals surface area contributed by atoms with Crippen LogP contribution in [0.3, 0.4) is 0 Å². The second-order valence-electron chi connectivity index (χ2n) is 8.00. The number of hydrogen-bond donors (Lipinski definition) is 1. The van der Waals surface area contributed by atoms with E-state index in [1.165, 1.54) is 12.0 Å². The second kappa shape index (κ2) is 11.1. The Labute approximate surface area is 170 Å². The molecule has 1 fully saturated rings. The smallest absolute Gasteiger partial charge is 0.222 e. The van der Waals surface area contributed by atoms with Gasteiger partial charge >= 0.3 is 0 Å². The Morgan fingerprint density at radius 3 is 2.86 bits per heavy atom. The van der Waals surface area contributed by atoms with Crippen LogP contribution in [-0.4, -0.2) is 64.7 Å². The lowest BCUT2D eigenvalue weighted by Crippen LogP contribution is -2.39. The molecule has 2 rings (SSSR count). The number of aryl methyl sites for hydroxylation is 1. The quantitative estimate of drug-likeness (QED) is 0.421. The Bertz CT molecular complexity index is 651. The molecule has 1 aliphatic rings. The number of aliphatic imine (C=N–C) groups is 1. The van der Waals surface area contributed by atoms with E-state index in [-0.39, 0.29) is 0 Å². The maximum atomic E-state index is 12.1. The number of nitrogens with zero attached hydrogens (tertiary/aromatic N) is 5. The van der Waals surface area contributed by atoms with Crippen LogP contribution in [0, 0.1) is 0 Å². The number of hydrogen-bond acceptors (Lipinski definition) is 3. The lowest BCUT2D eigenvalue weighted by molar-refractivity contribution is -0.130. The van der Waals surface area contributed by atoms with Gasteiger partial charge in [-0.15, -0.1) is 0 Å². The molecule has 7 nitrogen and oxygen atoms in total. The molecular formula is C21H38N6O. The number of carbonyl (C=O) groups excluding carboxylic acids is 1. The van der Waals surface area contributed by atoms with Crippen molar-refractivity contribution in [1.82, 2.24) is 24.9 Å². The molecule has 0 atom stereocenters. The number of likely N-dealkylation sites (tertiary alicyclic amines) is 1. The van der Waals surface area contributed by atoms with E-state index in [0.29, 0.717) is 18.2 Å². The van der Waals surface area contributed by atoms with E-state index in [4.69, 9.17) is 4.99 Å². The van der Waals surface area contributed by atoms with Gasteiger partial charge in [0, 0.05) is 65.0 Å². The summed E-state index contributed by atoms with van der Waals surface area (Å²) in [7, 11) is 4.04. The highest BCUT2D eigenvalue weighted by atomic mass is 16.2. The predicted octanol–water partition coefficient (Wildman–Crippen LogP) is 2.73. The van der Waals surface area contributed by atoms with Gasteiger partial charge in [-0.1, -0.05) is 20.3 Å². The van der Waals surface area contributed by atoms with Crippen LogP contribution in [0.4, 0.5) is 0 Å². The van der Waals surface area contributed by atoms with Crippen molar-refractivity contribution in [2.45, 2.75) is 65.3 Å². The molecule has 1 saturated heterocycles. The molecule has 28 heavy (non-hydrogen) atoms. The summed E-state index contributed by atoms with van der Waals surface area (Å²) in [5, 5.41) is 7.99. The third kappa shape index (κ3) is 6.53. The lowest BCUT2D eigenvalue weighted by atomic mass is 10.1. The van der Waals surface area contributed by atoms with Gasteiger partial charge in [0.2, 0.25) is 5.91 Å². The van der Waals surface area contributed by atoms with Crippen molar-refractivity contribution in [3.63, 3.8) is 0 Å². The van der Waals surface area contributed by atoms with Crippen LogP contribution in [0.15, 0.2) is 11.2 Å². The monoisotopic (exact) mass is 390 g/mol. The molecule has 0 radical (unpaired) electrons. The molecule has 0 bridgehead atoms. The molecule has 1 amide bonds. The highest BCUT2D eigenvalue weighted by Crippen LogP contribution is 2.18. The molecule has 0 aromatic carbocycles. The number of guanidine groups is 1. The zero-order valence-electron chi connectivity index (χ0n) is 18.4. The maximum absolute atomic E-state index is 12.1. The van der Waals surface area contributed by atoms with Gasteiger partial charge in [-0.2, -0.15) is 5.10 Å². The predicted molar refractivity (Wildman–Crippen MR) is 114 cm³/mol. The zero-order chi connectivity index (χ0) is 20.5. The Kier molecular flexibility index (Phi) is 8.80. The molecule has 1 aromatic rings. The Hall–Kier alpha value is -2.05. The summed E-state index contributed by atoms with van der Waals surface area (Å²) in [6.45, 7) is 10.5. The normalized spacial score (nSPS) is 15.9. The van der Waals surface area contributed by atoms with Gasteiger partial charge in [-0.05, 0) is 32.1 Å². The molecule has 158 valence electrons. The van der Waals surface area contributed by atoms with E-state index in [0.717, 1.165) is 63.6 Å². The van der Waals surface area contributed by atoms with Crippen LogP contribution >= 0.6 is 0 Å². The van der Waals surface area contributed by atoms with E-state index in [2.05, 4.69) is 49.3 Å². The van der Waals surface area contributed by atoms with Crippen molar-refractivity contribution in [3.05, 3.63) is 17.5 Å². The van der Waals surface area contributed by atoms with E-state index < -0.39 is 0 Å². The summed E-state index contributed by atoms with van der Waals surface area (Å²) in [6, 6.07) is 0. The summed E-state index contributed by atoms with van der Waals surface area (Å²) < 4.78 is 1.89. The molecule has 0 spiro atoms. The molecule has 1 aromatic heterocycles. The summed E-state index contributed by atoms with van der Waals surface area (Å²) in [5.41, 5.74) is 2.38. The fourth-order valence-electron chi connectivity index (χ4n) is 3.68. The van der Waals surface area contributed by atoms with Crippen LogP contribution in [0.1, 0.15) is 70.1 Å². The Balaban J connectivity index is 1.92. The first kappa shape index (κ1) is 22.2. The molecular weight excluding hydrogens is 352 g/mol. The summed E-state index contributed by atoms with van der Waals surface area (Å²) in [4.78, 5) is 21.1. The van der Waals surface area contributed by atoms with Gasteiger partial charge in [-0.3, -0.25) is 14.5 Å². The minimum absolute atomic E-state index is 0.309. The van der Waals surface area contributed by atoms with Crippen molar-refractivity contribution in [2.75, 3.05) is 33.2 Å². The number of amides is 1. The third-order valence-corrected chi connectivity index (χ3v) is 5.11. The summed E-state index contributed by atoms with van der Waals surface area (Å²) >= 11 is 0. The molecule has 0 unspecified atom stereocenters. The topological polar surface area (TPSA) is 65.8 Å². The molecule has 2 heterocycles. The summed E-state index contributed by atoms with van der Waals surface area (Å²) in [5.74, 6) is 1.61. The minimum atomic E-state index is 0.309. The van der Waals surface area contributed by atoms with E-state index >= 15 is 0 Å². The maximum Gasteiger partial charge on any atom is 0.222 e. The van der Waals surface area contributed by atoms with Crippen molar-refractivity contribution in [3.8, 4) is 0 Å². The average molecular weight is 391 g/mol. The third-order valence-electron chi connectivity index (χ3n) is 5.11. The van der Waals surface area contributed by atoms with E-state index in [9.17, 15) is 4.79 Å². The zero-order valence-corrected chi connectivity index (χ0v) is 18.4. The van der Waals surface area contributed by atoms with Gasteiger partial charge in [-0.25, -0.2) is 0 Å². The fraction of sp³-hybridized carbons (Fsp3) is 0.762. The number of rotatable bonds is 8. The van der Waals surface area contributed by atoms with Crippen molar-refractivity contribution in [1.29, 1.82) is 0 Å². The number of aromatic nitrogens is 2. The summed E-state index contributed by atoms with van der Waals surface area (Å²) in [6.07, 6.45) is 7.04. The van der Waals surface area contributed by atoms with Gasteiger partial charge in [0.1, 0.15) is 0 Å². The fourth-order valence-corrected chi connectivity index (χ4v) is 3.68. The first-order valence-electron chi connectivity index (χ1n) is 10.7. The van der Waals surface area contributed by atoms with Crippen molar-refractivity contribution in [2.24, 2.45) is 12.0 Å². The highest BCUT2D eigenvalue weighted by molar-refractivity contribution is 5.79. The molecule has 0 saturated carbocycles. The molecule has 0 aliphatic carbocycles. The minimum Gasteiger partial charge on any atom is -0.357 e. The Morgan fingerprint density at radius 1 is 1.36 bits per heavy atom. The first-order chi connectivity index (χ1) is 13.4. The van der Waals surface area contributed by atoms with Crippen LogP contribution in [-0.2, 0) is 18.4 Å². The standard InChI is InChI=1S/C21H38N6O/c1-6-22-21(23-12-10-14-27-13-9-7-8-11-19(27)28)25(4)15-18-16-26(5)24-20(18)17(2)3/h16-17H,6-15H2,1-5H3,(H,22,23). The van der Waals surface area contributed by atoms with Crippen LogP contribution < -0.4 is 5.32 Å². The van der Waals surface area contributed by atoms with Crippen LogP contribution in [0.2, 0.25) is 0 Å². The molecule has 1 N–H and O–H groups in total. The Morgan fingerprint density at radius 2 is 2.14 bits per heavy atom. The van der Waals surface area contributed by atoms with Crippen molar-refractivity contribution >= 4 is 11.9 Å². The average Bonchev–Trinajstić information content (AvgIpc) is 2.89. The second-order valence-corrected chi connectivity index (χ2v) is 8.00. The van der Waals surface area contributed by atoms with Gasteiger partial charge in [0.05, 0.1) is 5.69 Å². The van der Waals surface area contributed by atoms with Crippen molar-refractivity contribution < 1.29 is 4.79 Å². The SMILES string of the molecule is CCNC(=NCCCN1CCCCCC1=O)N(C)Cc1cn(C)nc1C(C)C. The first-order valence-corrected chi connectivity index (χ1v) is 10.7. The van der Waals surface area contributed by atoms with E-state index in [1.54, 1.807) is 0 Å². The van der Waals surface area contributed by atoms with Crippen LogP contribution in [0.25, 0.3) is 0 Å². The van der Waals surface area contributed by atoms with Gasteiger partial charge in [0.25, 0.3) is 0 Å². The lowest BCUT2D eigenvalue weighted by Gasteiger charge is -2.23. The molecule has 1 aliphatic heterocycles. The highest BCUT2D eigenvalue weighted by Gasteiger charge is 2.17. The van der Waals surface area contributed by atoms with Crippen LogP contribution in [0.5, 0.6) is 0 Å². The van der Waals surface area contributed by atoms with Gasteiger partial charge < -0.3 is 15.1 Å². The number of nitrogens with one attached hydrogen (secondary N) is 1. The van der Waals surface area contributed by atoms with E-state index in [1.807, 2.05) is 16.6 Å². The molecule has 7 heteroatoms.